The molecule has 0 unspecified atom stereocenters. The van der Waals surface area contributed by atoms with Crippen LogP contribution in [0.1, 0.15) is 39.9 Å². The molecule has 0 saturated heterocycles. The highest BCUT2D eigenvalue weighted by atomic mass is 32.1. The van der Waals surface area contributed by atoms with Crippen LogP contribution in [0.25, 0.3) is 10.2 Å². The molecule has 0 aliphatic heterocycles. The molecule has 0 fully saturated rings. The molecule has 1 aromatic carbocycles. The summed E-state index contributed by atoms with van der Waals surface area (Å²) in [6.07, 6.45) is 1.74. The Hall–Kier alpha value is -3.06. The molecule has 3 heterocycles. The van der Waals surface area contributed by atoms with Crippen LogP contribution >= 0.6 is 11.3 Å². The summed E-state index contributed by atoms with van der Waals surface area (Å²) in [5.41, 5.74) is 5.50. The second kappa shape index (κ2) is 7.75. The van der Waals surface area contributed by atoms with Crippen LogP contribution in [0.3, 0.4) is 0 Å². The molecule has 0 N–H and O–H groups in total. The highest BCUT2D eigenvalue weighted by molar-refractivity contribution is 7.22. The van der Waals surface area contributed by atoms with E-state index in [0.717, 1.165) is 28.1 Å². The Balaban J connectivity index is 1.78. The molecule has 0 aliphatic rings. The molecule has 4 rings (SSSR count). The van der Waals surface area contributed by atoms with Crippen molar-refractivity contribution in [2.24, 2.45) is 0 Å². The number of carbonyl (C=O) groups excluding carboxylic acids is 1. The molecular formula is C22H23N5OS. The van der Waals surface area contributed by atoms with Crippen molar-refractivity contribution in [3.8, 4) is 0 Å². The number of thiazole rings is 1. The average Bonchev–Trinajstić information content (AvgIpc) is 3.29. The predicted octanol–water partition coefficient (Wildman–Crippen LogP) is 4.68. The molecular weight excluding hydrogens is 382 g/mol. The number of nitrogens with zero attached hydrogens (tertiary/aromatic N) is 5. The topological polar surface area (TPSA) is 63.9 Å². The lowest BCUT2D eigenvalue weighted by molar-refractivity contribution is 0.0979. The number of fused-ring (bicyclic) bond motifs is 1. The van der Waals surface area contributed by atoms with Gasteiger partial charge in [-0.3, -0.25) is 19.4 Å². The van der Waals surface area contributed by atoms with E-state index >= 15 is 0 Å². The summed E-state index contributed by atoms with van der Waals surface area (Å²) < 4.78 is 2.90. The Morgan fingerprint density at radius 1 is 1.14 bits per heavy atom. The smallest absolute Gasteiger partial charge is 0.276 e. The Kier molecular flexibility index (Phi) is 5.15. The van der Waals surface area contributed by atoms with Crippen LogP contribution < -0.4 is 4.90 Å². The summed E-state index contributed by atoms with van der Waals surface area (Å²) in [5, 5.41) is 5.14. The first-order valence-corrected chi connectivity index (χ1v) is 10.4. The number of hydrogen-bond donors (Lipinski definition) is 0. The average molecular weight is 406 g/mol. The van der Waals surface area contributed by atoms with Crippen LogP contribution in [0.4, 0.5) is 5.13 Å². The summed E-state index contributed by atoms with van der Waals surface area (Å²) in [6, 6.07) is 11.7. The van der Waals surface area contributed by atoms with Crippen molar-refractivity contribution in [3.05, 3.63) is 70.8 Å². The van der Waals surface area contributed by atoms with Crippen molar-refractivity contribution in [3.63, 3.8) is 0 Å². The number of hydrogen-bond acceptors (Lipinski definition) is 5. The maximum absolute atomic E-state index is 13.4. The first-order valence-electron chi connectivity index (χ1n) is 9.60. The van der Waals surface area contributed by atoms with E-state index in [4.69, 9.17) is 4.98 Å². The third-order valence-electron chi connectivity index (χ3n) is 5.01. The number of amides is 1. The first kappa shape index (κ1) is 19.3. The van der Waals surface area contributed by atoms with Gasteiger partial charge in [0.1, 0.15) is 0 Å². The first-order chi connectivity index (χ1) is 14.0. The molecule has 6 nitrogen and oxygen atoms in total. The molecule has 7 heteroatoms. The third-order valence-corrected chi connectivity index (χ3v) is 6.06. The fraction of sp³-hybridized carbons (Fsp3) is 0.273. The van der Waals surface area contributed by atoms with Crippen LogP contribution in [0, 0.1) is 20.8 Å². The lowest BCUT2D eigenvalue weighted by atomic mass is 10.1. The van der Waals surface area contributed by atoms with Gasteiger partial charge in [-0.25, -0.2) is 4.98 Å². The van der Waals surface area contributed by atoms with Gasteiger partial charge in [0.15, 0.2) is 10.8 Å². The monoisotopic (exact) mass is 405 g/mol. The van der Waals surface area contributed by atoms with E-state index in [1.807, 2.05) is 42.8 Å². The Morgan fingerprint density at radius 2 is 1.93 bits per heavy atom. The third kappa shape index (κ3) is 3.78. The number of aryl methyl sites for hydroxylation is 4. The van der Waals surface area contributed by atoms with Gasteiger partial charge in [-0.05, 0) is 69.2 Å². The summed E-state index contributed by atoms with van der Waals surface area (Å²) in [5.74, 6) is -0.168. The van der Waals surface area contributed by atoms with Crippen molar-refractivity contribution in [2.75, 3.05) is 4.90 Å². The molecule has 3 aromatic heterocycles. The number of benzene rings is 1. The van der Waals surface area contributed by atoms with E-state index in [2.05, 4.69) is 36.1 Å². The zero-order chi connectivity index (χ0) is 20.5. The van der Waals surface area contributed by atoms with Crippen LogP contribution in [0.2, 0.25) is 0 Å². The maximum Gasteiger partial charge on any atom is 0.280 e. The van der Waals surface area contributed by atoms with Crippen molar-refractivity contribution >= 4 is 32.6 Å². The fourth-order valence-corrected chi connectivity index (χ4v) is 4.28. The van der Waals surface area contributed by atoms with Crippen molar-refractivity contribution in [1.29, 1.82) is 0 Å². The van der Waals surface area contributed by atoms with Gasteiger partial charge in [-0.15, -0.1) is 0 Å². The zero-order valence-corrected chi connectivity index (χ0v) is 17.8. The van der Waals surface area contributed by atoms with E-state index in [-0.39, 0.29) is 5.91 Å². The Labute approximate surface area is 173 Å². The normalized spacial score (nSPS) is 11.2. The minimum absolute atomic E-state index is 0.168. The number of carbonyl (C=O) groups is 1. The summed E-state index contributed by atoms with van der Waals surface area (Å²) >= 11 is 1.52. The number of rotatable bonds is 5. The van der Waals surface area contributed by atoms with Crippen molar-refractivity contribution < 1.29 is 4.79 Å². The standard InChI is InChI=1S/C22H23N5OS/c1-5-27-16(4)12-19(25-27)21(28)26(13-17-8-6-7-9-23-17)22-24-18-10-14(2)15(3)11-20(18)29-22/h6-12H,5,13H2,1-4H3. The van der Waals surface area contributed by atoms with Gasteiger partial charge in [0, 0.05) is 18.4 Å². The summed E-state index contributed by atoms with van der Waals surface area (Å²) in [7, 11) is 0. The minimum atomic E-state index is -0.168. The molecule has 0 aliphatic carbocycles. The molecule has 29 heavy (non-hydrogen) atoms. The Morgan fingerprint density at radius 3 is 2.62 bits per heavy atom. The van der Waals surface area contributed by atoms with Gasteiger partial charge < -0.3 is 0 Å². The quantitative estimate of drug-likeness (QED) is 0.484. The lowest BCUT2D eigenvalue weighted by Gasteiger charge is -2.18. The Bertz CT molecular complexity index is 1140. The number of anilines is 1. The molecule has 0 radical (unpaired) electrons. The van der Waals surface area contributed by atoms with E-state index in [1.54, 1.807) is 11.1 Å². The summed E-state index contributed by atoms with van der Waals surface area (Å²) in [6.45, 7) is 9.20. The molecule has 148 valence electrons. The minimum Gasteiger partial charge on any atom is -0.276 e. The second-order valence-corrected chi connectivity index (χ2v) is 8.11. The van der Waals surface area contributed by atoms with Crippen LogP contribution in [0.15, 0.2) is 42.6 Å². The van der Waals surface area contributed by atoms with Gasteiger partial charge in [0.25, 0.3) is 5.91 Å². The van der Waals surface area contributed by atoms with Gasteiger partial charge in [0.05, 0.1) is 22.5 Å². The van der Waals surface area contributed by atoms with Crippen LogP contribution in [0.5, 0.6) is 0 Å². The van der Waals surface area contributed by atoms with Crippen LogP contribution in [-0.2, 0) is 13.1 Å². The van der Waals surface area contributed by atoms with E-state index < -0.39 is 0 Å². The fourth-order valence-electron chi connectivity index (χ4n) is 3.24. The van der Waals surface area contributed by atoms with Gasteiger partial charge in [-0.2, -0.15) is 5.10 Å². The molecule has 0 bridgehead atoms. The largest absolute Gasteiger partial charge is 0.280 e. The number of aromatic nitrogens is 4. The summed E-state index contributed by atoms with van der Waals surface area (Å²) in [4.78, 5) is 24.3. The van der Waals surface area contributed by atoms with E-state index in [0.29, 0.717) is 17.4 Å². The SMILES string of the molecule is CCn1nc(C(=O)N(Cc2ccccn2)c2nc3cc(C)c(C)cc3s2)cc1C. The molecule has 0 spiro atoms. The molecule has 1 amide bonds. The van der Waals surface area contributed by atoms with E-state index in [9.17, 15) is 4.79 Å². The van der Waals surface area contributed by atoms with Gasteiger partial charge in [-0.1, -0.05) is 17.4 Å². The molecule has 4 aromatic rings. The van der Waals surface area contributed by atoms with E-state index in [1.165, 1.54) is 22.5 Å². The maximum atomic E-state index is 13.4. The highest BCUT2D eigenvalue weighted by Gasteiger charge is 2.25. The highest BCUT2D eigenvalue weighted by Crippen LogP contribution is 2.32. The number of pyridine rings is 1. The van der Waals surface area contributed by atoms with Crippen molar-refractivity contribution in [2.45, 2.75) is 40.8 Å². The molecule has 0 saturated carbocycles. The van der Waals surface area contributed by atoms with Crippen LogP contribution in [-0.4, -0.2) is 25.7 Å². The lowest BCUT2D eigenvalue weighted by Crippen LogP contribution is -2.31. The zero-order valence-electron chi connectivity index (χ0n) is 17.0. The second-order valence-electron chi connectivity index (χ2n) is 7.10. The predicted molar refractivity (Wildman–Crippen MR) is 116 cm³/mol. The van der Waals surface area contributed by atoms with Gasteiger partial charge in [0.2, 0.25) is 0 Å². The van der Waals surface area contributed by atoms with Gasteiger partial charge >= 0.3 is 0 Å². The molecule has 0 atom stereocenters. The van der Waals surface area contributed by atoms with Crippen molar-refractivity contribution in [1.82, 2.24) is 19.7 Å².